The summed E-state index contributed by atoms with van der Waals surface area (Å²) in [4.78, 5) is 26.3. The fourth-order valence-electron chi connectivity index (χ4n) is 3.76. The van der Waals surface area contributed by atoms with Crippen LogP contribution in [0, 0.1) is 23.7 Å². The second-order valence-corrected chi connectivity index (χ2v) is 5.53. The third-order valence-electron chi connectivity index (χ3n) is 4.58. The van der Waals surface area contributed by atoms with Crippen molar-refractivity contribution in [2.75, 3.05) is 4.90 Å². The van der Waals surface area contributed by atoms with Gasteiger partial charge < -0.3 is 5.11 Å². The summed E-state index contributed by atoms with van der Waals surface area (Å²) in [7, 11) is 0. The number of anilines is 1. The van der Waals surface area contributed by atoms with E-state index in [0.29, 0.717) is 5.69 Å². The third-order valence-corrected chi connectivity index (χ3v) is 4.58. The monoisotopic (exact) mass is 255 g/mol. The average Bonchev–Trinajstić information content (AvgIpc) is 3.06. The Hall–Kier alpha value is -2.10. The third kappa shape index (κ3) is 1.28. The number of imide groups is 1. The molecule has 96 valence electrons. The minimum atomic E-state index is -0.170. The highest BCUT2D eigenvalue weighted by Crippen LogP contribution is 2.53. The summed E-state index contributed by atoms with van der Waals surface area (Å²) in [5, 5.41) is 9.29. The number of amides is 2. The molecular weight excluding hydrogens is 242 g/mol. The van der Waals surface area contributed by atoms with Crippen molar-refractivity contribution in [3.05, 3.63) is 36.4 Å². The molecule has 2 fully saturated rings. The molecule has 0 spiro atoms. The number of benzene rings is 1. The number of carbonyl (C=O) groups excluding carboxylic acids is 2. The summed E-state index contributed by atoms with van der Waals surface area (Å²) in [6, 6.07) is 6.22. The lowest BCUT2D eigenvalue weighted by molar-refractivity contribution is -0.123. The summed E-state index contributed by atoms with van der Waals surface area (Å²) in [5.41, 5.74) is 0.557. The molecule has 0 radical (unpaired) electrons. The molecule has 4 rings (SSSR count). The van der Waals surface area contributed by atoms with E-state index < -0.39 is 0 Å². The highest BCUT2D eigenvalue weighted by Gasteiger charge is 2.59. The number of nitrogens with zero attached hydrogens (tertiary/aromatic N) is 1. The van der Waals surface area contributed by atoms with Crippen LogP contribution in [0.4, 0.5) is 5.69 Å². The molecule has 4 atom stereocenters. The largest absolute Gasteiger partial charge is 0.508 e. The van der Waals surface area contributed by atoms with Crippen molar-refractivity contribution < 1.29 is 14.7 Å². The maximum absolute atomic E-state index is 12.5. The molecule has 2 bridgehead atoms. The minimum Gasteiger partial charge on any atom is -0.508 e. The number of hydrogen-bond donors (Lipinski definition) is 1. The fourth-order valence-corrected chi connectivity index (χ4v) is 3.76. The molecule has 4 nitrogen and oxygen atoms in total. The van der Waals surface area contributed by atoms with E-state index in [0.717, 1.165) is 6.42 Å². The molecule has 2 aliphatic carbocycles. The van der Waals surface area contributed by atoms with Crippen LogP contribution in [0.1, 0.15) is 6.42 Å². The maximum atomic E-state index is 12.5. The molecule has 1 aromatic rings. The van der Waals surface area contributed by atoms with E-state index >= 15 is 0 Å². The molecule has 1 N–H and O–H groups in total. The molecule has 1 saturated carbocycles. The Bertz CT molecular complexity index is 574. The van der Waals surface area contributed by atoms with Gasteiger partial charge in [-0.25, -0.2) is 0 Å². The minimum absolute atomic E-state index is 0.0856. The molecule has 1 aromatic carbocycles. The Morgan fingerprint density at radius 2 is 1.47 bits per heavy atom. The van der Waals surface area contributed by atoms with Crippen molar-refractivity contribution in [3.8, 4) is 5.75 Å². The SMILES string of the molecule is O=C1[C@@H]2[C@@H](C(=O)N1c1ccc(O)cc1)[C@H]1C=C[C@H]2C1. The van der Waals surface area contributed by atoms with Gasteiger partial charge in [-0.05, 0) is 42.5 Å². The first-order valence-electron chi connectivity index (χ1n) is 6.52. The first-order chi connectivity index (χ1) is 9.16. The first kappa shape index (κ1) is 10.8. The average molecular weight is 255 g/mol. The van der Waals surface area contributed by atoms with Crippen molar-refractivity contribution in [2.24, 2.45) is 23.7 Å². The number of allylic oxidation sites excluding steroid dienone is 2. The Balaban J connectivity index is 1.74. The van der Waals surface area contributed by atoms with Gasteiger partial charge in [-0.15, -0.1) is 0 Å². The van der Waals surface area contributed by atoms with Gasteiger partial charge in [0.1, 0.15) is 5.75 Å². The highest BCUT2D eigenvalue weighted by atomic mass is 16.3. The number of phenolic OH excluding ortho intramolecular Hbond substituents is 1. The summed E-state index contributed by atoms with van der Waals surface area (Å²) < 4.78 is 0. The van der Waals surface area contributed by atoms with Crippen LogP contribution in [-0.4, -0.2) is 16.9 Å². The summed E-state index contributed by atoms with van der Waals surface area (Å²) in [6.45, 7) is 0. The summed E-state index contributed by atoms with van der Waals surface area (Å²) in [6.07, 6.45) is 5.10. The van der Waals surface area contributed by atoms with Crippen molar-refractivity contribution >= 4 is 17.5 Å². The Morgan fingerprint density at radius 1 is 0.947 bits per heavy atom. The maximum Gasteiger partial charge on any atom is 0.238 e. The standard InChI is InChI=1S/C15H13NO3/c17-11-5-3-10(4-6-11)16-14(18)12-8-1-2-9(7-8)13(12)15(16)19/h1-6,8-9,12-13,17H,7H2/t8-,9-,12-,13-/m0/s1. The molecule has 0 aromatic heterocycles. The van der Waals surface area contributed by atoms with E-state index in [1.807, 2.05) is 0 Å². The van der Waals surface area contributed by atoms with E-state index in [9.17, 15) is 14.7 Å². The molecule has 4 heteroatoms. The predicted molar refractivity (Wildman–Crippen MR) is 68.3 cm³/mol. The topological polar surface area (TPSA) is 57.6 Å². The molecular formula is C15H13NO3. The van der Waals surface area contributed by atoms with Crippen LogP contribution in [0.15, 0.2) is 36.4 Å². The van der Waals surface area contributed by atoms with E-state index in [-0.39, 0.29) is 41.2 Å². The van der Waals surface area contributed by atoms with Gasteiger partial charge in [-0.1, -0.05) is 12.2 Å². The van der Waals surface area contributed by atoms with Crippen molar-refractivity contribution in [2.45, 2.75) is 6.42 Å². The molecule has 1 heterocycles. The molecule has 2 amide bonds. The van der Waals surface area contributed by atoms with Crippen LogP contribution in [0.2, 0.25) is 0 Å². The summed E-state index contributed by atoms with van der Waals surface area (Å²) >= 11 is 0. The van der Waals surface area contributed by atoms with Gasteiger partial charge in [-0.2, -0.15) is 0 Å². The van der Waals surface area contributed by atoms with Crippen molar-refractivity contribution in [1.82, 2.24) is 0 Å². The van der Waals surface area contributed by atoms with Crippen molar-refractivity contribution in [3.63, 3.8) is 0 Å². The van der Waals surface area contributed by atoms with Crippen LogP contribution in [-0.2, 0) is 9.59 Å². The van der Waals surface area contributed by atoms with Gasteiger partial charge in [-0.3, -0.25) is 14.5 Å². The lowest BCUT2D eigenvalue weighted by Gasteiger charge is -2.17. The Morgan fingerprint density at radius 3 is 2.00 bits per heavy atom. The molecule has 19 heavy (non-hydrogen) atoms. The smallest absolute Gasteiger partial charge is 0.238 e. The second kappa shape index (κ2) is 3.47. The quantitative estimate of drug-likeness (QED) is 0.614. The fraction of sp³-hybridized carbons (Fsp3) is 0.333. The molecule has 0 unspecified atom stereocenters. The number of fused-ring (bicyclic) bond motifs is 5. The molecule has 3 aliphatic rings. The first-order valence-corrected chi connectivity index (χ1v) is 6.52. The predicted octanol–water partition coefficient (Wildman–Crippen LogP) is 1.70. The van der Waals surface area contributed by atoms with Gasteiger partial charge in [0.2, 0.25) is 11.8 Å². The van der Waals surface area contributed by atoms with Gasteiger partial charge in [0, 0.05) is 0 Å². The lowest BCUT2D eigenvalue weighted by atomic mass is 9.85. The Labute approximate surface area is 110 Å². The highest BCUT2D eigenvalue weighted by molar-refractivity contribution is 6.22. The van der Waals surface area contributed by atoms with E-state index in [1.165, 1.54) is 17.0 Å². The number of rotatable bonds is 1. The van der Waals surface area contributed by atoms with Crippen molar-refractivity contribution in [1.29, 1.82) is 0 Å². The van der Waals surface area contributed by atoms with Crippen LogP contribution >= 0.6 is 0 Å². The van der Waals surface area contributed by atoms with Gasteiger partial charge in [0.25, 0.3) is 0 Å². The van der Waals surface area contributed by atoms with Gasteiger partial charge >= 0.3 is 0 Å². The normalized spacial score (nSPS) is 35.3. The lowest BCUT2D eigenvalue weighted by Crippen LogP contribution is -2.32. The Kier molecular flexibility index (Phi) is 1.97. The van der Waals surface area contributed by atoms with E-state index in [1.54, 1.807) is 12.1 Å². The number of hydrogen-bond acceptors (Lipinski definition) is 3. The second-order valence-electron chi connectivity index (χ2n) is 5.53. The zero-order valence-corrected chi connectivity index (χ0v) is 10.2. The number of carbonyl (C=O) groups is 2. The molecule has 1 saturated heterocycles. The van der Waals surface area contributed by atoms with E-state index in [2.05, 4.69) is 12.2 Å². The zero-order chi connectivity index (χ0) is 13.1. The van der Waals surface area contributed by atoms with Crippen LogP contribution in [0.25, 0.3) is 0 Å². The number of aromatic hydroxyl groups is 1. The summed E-state index contributed by atoms with van der Waals surface area (Å²) in [5.74, 6) is 0.0783. The zero-order valence-electron chi connectivity index (χ0n) is 10.2. The van der Waals surface area contributed by atoms with E-state index in [4.69, 9.17) is 0 Å². The van der Waals surface area contributed by atoms with Crippen LogP contribution in [0.3, 0.4) is 0 Å². The number of phenols is 1. The molecule has 1 aliphatic heterocycles. The van der Waals surface area contributed by atoms with Gasteiger partial charge in [0.15, 0.2) is 0 Å². The van der Waals surface area contributed by atoms with Crippen LogP contribution in [0.5, 0.6) is 5.75 Å². The van der Waals surface area contributed by atoms with Gasteiger partial charge in [0.05, 0.1) is 17.5 Å². The van der Waals surface area contributed by atoms with Crippen LogP contribution < -0.4 is 4.90 Å².